The molecule has 0 spiro atoms. The lowest BCUT2D eigenvalue weighted by Crippen LogP contribution is -2.44. The highest BCUT2D eigenvalue weighted by atomic mass is 16.5. The van der Waals surface area contributed by atoms with Crippen molar-refractivity contribution in [3.05, 3.63) is 0 Å². The van der Waals surface area contributed by atoms with Gasteiger partial charge in [-0.1, -0.05) is 80.1 Å². The maximum Gasteiger partial charge on any atom is 0.0673 e. The number of hydrogen-bond acceptors (Lipinski definition) is 2. The monoisotopic (exact) mass is 299 g/mol. The molecule has 0 amide bonds. The largest absolute Gasteiger partial charge is 0.373 e. The van der Waals surface area contributed by atoms with Crippen molar-refractivity contribution in [1.29, 1.82) is 0 Å². The van der Waals surface area contributed by atoms with Crippen LogP contribution in [-0.2, 0) is 4.74 Å². The molecule has 0 aliphatic carbocycles. The maximum atomic E-state index is 6.29. The summed E-state index contributed by atoms with van der Waals surface area (Å²) in [5.41, 5.74) is 6.14. The summed E-state index contributed by atoms with van der Waals surface area (Å²) in [6.07, 6.45) is 9.63. The number of ether oxygens (including phenoxy) is 1. The predicted octanol–water partition coefficient (Wildman–Crippen LogP) is 5.54. The minimum absolute atomic E-state index is 0.150. The van der Waals surface area contributed by atoms with Gasteiger partial charge in [0.2, 0.25) is 0 Å². The zero-order chi connectivity index (χ0) is 16.5. The molecule has 2 heteroatoms. The van der Waals surface area contributed by atoms with Crippen LogP contribution in [0.25, 0.3) is 0 Å². The molecule has 0 fully saturated rings. The van der Waals surface area contributed by atoms with Crippen LogP contribution in [0.15, 0.2) is 0 Å². The second-order valence-corrected chi connectivity index (χ2v) is 8.20. The summed E-state index contributed by atoms with van der Waals surface area (Å²) >= 11 is 0. The van der Waals surface area contributed by atoms with Gasteiger partial charge >= 0.3 is 0 Å². The van der Waals surface area contributed by atoms with E-state index in [9.17, 15) is 0 Å². The Morgan fingerprint density at radius 3 is 1.90 bits per heavy atom. The Morgan fingerprint density at radius 1 is 0.905 bits per heavy atom. The Bertz CT molecular complexity index is 255. The average molecular weight is 300 g/mol. The minimum Gasteiger partial charge on any atom is -0.373 e. The van der Waals surface area contributed by atoms with E-state index in [1.165, 1.54) is 38.5 Å². The van der Waals surface area contributed by atoms with Crippen molar-refractivity contribution in [1.82, 2.24) is 0 Å². The van der Waals surface area contributed by atoms with E-state index in [1.807, 2.05) is 0 Å². The highest BCUT2D eigenvalue weighted by Gasteiger charge is 2.40. The minimum atomic E-state index is 0.150. The van der Waals surface area contributed by atoms with Gasteiger partial charge in [0.1, 0.15) is 0 Å². The molecule has 1 unspecified atom stereocenters. The van der Waals surface area contributed by atoms with E-state index in [-0.39, 0.29) is 16.9 Å². The fraction of sp³-hybridized carbons (Fsp3) is 1.00. The summed E-state index contributed by atoms with van der Waals surface area (Å²) < 4.78 is 6.29. The molecule has 0 saturated carbocycles. The van der Waals surface area contributed by atoms with Gasteiger partial charge in [0.25, 0.3) is 0 Å². The lowest BCUT2D eigenvalue weighted by Gasteiger charge is -2.45. The molecule has 21 heavy (non-hydrogen) atoms. The number of rotatable bonds is 11. The van der Waals surface area contributed by atoms with Crippen LogP contribution in [0.3, 0.4) is 0 Å². The summed E-state index contributed by atoms with van der Waals surface area (Å²) in [6.45, 7) is 16.6. The Labute approximate surface area is 134 Å². The van der Waals surface area contributed by atoms with E-state index in [4.69, 9.17) is 10.5 Å². The first-order valence-electron chi connectivity index (χ1n) is 9.02. The number of hydrogen-bond donors (Lipinski definition) is 1. The summed E-state index contributed by atoms with van der Waals surface area (Å²) in [4.78, 5) is 0. The molecule has 0 radical (unpaired) electrons. The average Bonchev–Trinajstić information content (AvgIpc) is 2.39. The number of nitrogens with two attached hydrogens (primary N) is 1. The fourth-order valence-electron chi connectivity index (χ4n) is 2.53. The SMILES string of the molecule is CCCCCCCCC(O[C@@H](C)CN)C(C)(C)C(C)(C)C. The normalized spacial score (nSPS) is 16.0. The van der Waals surface area contributed by atoms with Crippen molar-refractivity contribution in [2.75, 3.05) is 6.54 Å². The Hall–Kier alpha value is -0.0800. The fourth-order valence-corrected chi connectivity index (χ4v) is 2.53. The van der Waals surface area contributed by atoms with Crippen LogP contribution in [0, 0.1) is 10.8 Å². The molecule has 0 aliphatic heterocycles. The summed E-state index contributed by atoms with van der Waals surface area (Å²) in [6, 6.07) is 0. The lowest BCUT2D eigenvalue weighted by molar-refractivity contribution is -0.106. The summed E-state index contributed by atoms with van der Waals surface area (Å²) in [7, 11) is 0. The Kier molecular flexibility index (Phi) is 9.80. The van der Waals surface area contributed by atoms with E-state index < -0.39 is 0 Å². The van der Waals surface area contributed by atoms with Crippen molar-refractivity contribution in [3.8, 4) is 0 Å². The standard InChI is InChI=1S/C19H41NO/c1-8-9-10-11-12-13-14-17(21-16(2)15-20)19(6,7)18(3,4)5/h16-17H,8-15,20H2,1-7H3/t16-,17?/m0/s1. The van der Waals surface area contributed by atoms with Crippen LogP contribution in [0.5, 0.6) is 0 Å². The van der Waals surface area contributed by atoms with Gasteiger partial charge in [0.05, 0.1) is 12.2 Å². The van der Waals surface area contributed by atoms with Crippen molar-refractivity contribution in [2.45, 2.75) is 106 Å². The smallest absolute Gasteiger partial charge is 0.0673 e. The molecule has 0 rings (SSSR count). The molecule has 0 saturated heterocycles. The van der Waals surface area contributed by atoms with E-state index in [0.717, 1.165) is 6.42 Å². The van der Waals surface area contributed by atoms with Gasteiger partial charge in [0.15, 0.2) is 0 Å². The van der Waals surface area contributed by atoms with Crippen molar-refractivity contribution in [3.63, 3.8) is 0 Å². The van der Waals surface area contributed by atoms with Crippen LogP contribution >= 0.6 is 0 Å². The summed E-state index contributed by atoms with van der Waals surface area (Å²) in [5, 5.41) is 0. The predicted molar refractivity (Wildman–Crippen MR) is 94.6 cm³/mol. The topological polar surface area (TPSA) is 35.2 Å². The van der Waals surface area contributed by atoms with Gasteiger partial charge in [-0.05, 0) is 24.2 Å². The van der Waals surface area contributed by atoms with Crippen LogP contribution in [0.1, 0.15) is 93.4 Å². The Morgan fingerprint density at radius 2 is 1.43 bits per heavy atom. The molecule has 0 aromatic rings. The van der Waals surface area contributed by atoms with Crippen molar-refractivity contribution in [2.24, 2.45) is 16.6 Å². The molecule has 2 atom stereocenters. The highest BCUT2D eigenvalue weighted by Crippen LogP contribution is 2.44. The first kappa shape index (κ1) is 20.9. The van der Waals surface area contributed by atoms with Crippen LogP contribution in [0.4, 0.5) is 0 Å². The maximum absolute atomic E-state index is 6.29. The van der Waals surface area contributed by atoms with Gasteiger partial charge in [-0.2, -0.15) is 0 Å². The molecule has 128 valence electrons. The van der Waals surface area contributed by atoms with E-state index in [2.05, 4.69) is 48.5 Å². The molecule has 0 heterocycles. The van der Waals surface area contributed by atoms with Gasteiger partial charge < -0.3 is 10.5 Å². The molecule has 0 aromatic heterocycles. The van der Waals surface area contributed by atoms with Crippen molar-refractivity contribution >= 4 is 0 Å². The molecule has 0 aromatic carbocycles. The molecular weight excluding hydrogens is 258 g/mol. The zero-order valence-electron chi connectivity index (χ0n) is 15.8. The lowest BCUT2D eigenvalue weighted by atomic mass is 9.65. The summed E-state index contributed by atoms with van der Waals surface area (Å²) in [5.74, 6) is 0. The third kappa shape index (κ3) is 7.65. The van der Waals surface area contributed by atoms with Crippen LogP contribution < -0.4 is 5.73 Å². The van der Waals surface area contributed by atoms with E-state index >= 15 is 0 Å². The molecule has 2 nitrogen and oxygen atoms in total. The van der Waals surface area contributed by atoms with Crippen LogP contribution in [-0.4, -0.2) is 18.8 Å². The van der Waals surface area contributed by atoms with Crippen molar-refractivity contribution < 1.29 is 4.74 Å². The molecule has 0 aliphatic rings. The first-order valence-corrected chi connectivity index (χ1v) is 9.02. The van der Waals surface area contributed by atoms with Gasteiger partial charge in [-0.3, -0.25) is 0 Å². The van der Waals surface area contributed by atoms with Crippen LogP contribution in [0.2, 0.25) is 0 Å². The molecular formula is C19H41NO. The molecule has 0 bridgehead atoms. The van der Waals surface area contributed by atoms with Gasteiger partial charge in [-0.15, -0.1) is 0 Å². The second-order valence-electron chi connectivity index (χ2n) is 8.20. The zero-order valence-corrected chi connectivity index (χ0v) is 15.8. The van der Waals surface area contributed by atoms with E-state index in [0.29, 0.717) is 12.6 Å². The van der Waals surface area contributed by atoms with Gasteiger partial charge in [-0.25, -0.2) is 0 Å². The third-order valence-electron chi connectivity index (χ3n) is 5.29. The second kappa shape index (κ2) is 9.84. The Balaban J connectivity index is 4.47. The molecule has 2 N–H and O–H groups in total. The first-order chi connectivity index (χ1) is 9.66. The highest BCUT2D eigenvalue weighted by molar-refractivity contribution is 4.90. The number of unbranched alkanes of at least 4 members (excludes halogenated alkanes) is 5. The van der Waals surface area contributed by atoms with E-state index in [1.54, 1.807) is 0 Å². The quantitative estimate of drug-likeness (QED) is 0.508. The third-order valence-corrected chi connectivity index (χ3v) is 5.29. The van der Waals surface area contributed by atoms with Gasteiger partial charge in [0, 0.05) is 6.54 Å².